The van der Waals surface area contributed by atoms with Crippen molar-refractivity contribution >= 4 is 12.2 Å². The van der Waals surface area contributed by atoms with Gasteiger partial charge in [-0.1, -0.05) is 61.8 Å². The van der Waals surface area contributed by atoms with Gasteiger partial charge in [0.25, 0.3) is 0 Å². The largest absolute Gasteiger partial charge is 0.0984 e. The van der Waals surface area contributed by atoms with Crippen molar-refractivity contribution in [2.45, 2.75) is 38.5 Å². The minimum absolute atomic E-state index is 0.855. The van der Waals surface area contributed by atoms with E-state index in [1.807, 2.05) is 6.08 Å². The molecule has 1 aromatic rings. The molecule has 0 spiro atoms. The Balaban J connectivity index is 1.89. The quantitative estimate of drug-likeness (QED) is 0.673. The van der Waals surface area contributed by atoms with E-state index < -0.39 is 0 Å². The lowest BCUT2D eigenvalue weighted by Crippen LogP contribution is -2.08. The van der Waals surface area contributed by atoms with Gasteiger partial charge in [-0.2, -0.15) is 0 Å². The van der Waals surface area contributed by atoms with E-state index in [-0.39, 0.29) is 0 Å². The van der Waals surface area contributed by atoms with Crippen LogP contribution in [0.5, 0.6) is 0 Å². The third-order valence-electron chi connectivity index (χ3n) is 4.30. The number of fused-ring (bicyclic) bond motifs is 1. The Morgan fingerprint density at radius 2 is 1.94 bits per heavy atom. The first kappa shape index (κ1) is 10.8. The predicted molar refractivity (Wildman–Crippen MR) is 74.8 cm³/mol. The van der Waals surface area contributed by atoms with Crippen LogP contribution in [0.25, 0.3) is 12.2 Å². The molecule has 0 nitrogen and oxygen atoms in total. The second kappa shape index (κ2) is 4.52. The Hall–Kier alpha value is -1.30. The lowest BCUT2D eigenvalue weighted by molar-refractivity contribution is 0.401. The van der Waals surface area contributed by atoms with Crippen LogP contribution in [0.4, 0.5) is 0 Å². The first-order valence-corrected chi connectivity index (χ1v) is 6.83. The molecule has 0 unspecified atom stereocenters. The van der Waals surface area contributed by atoms with Crippen molar-refractivity contribution in [2.24, 2.45) is 5.92 Å². The fourth-order valence-corrected chi connectivity index (χ4v) is 3.33. The van der Waals surface area contributed by atoms with E-state index in [2.05, 4.69) is 30.9 Å². The van der Waals surface area contributed by atoms with Crippen molar-refractivity contribution in [3.63, 3.8) is 0 Å². The van der Waals surface area contributed by atoms with Gasteiger partial charge in [0.1, 0.15) is 0 Å². The molecule has 1 aromatic carbocycles. The molecule has 1 fully saturated rings. The molecular formula is C17H20. The molecule has 2 aliphatic carbocycles. The third kappa shape index (κ3) is 1.97. The molecule has 0 amide bonds. The summed E-state index contributed by atoms with van der Waals surface area (Å²) in [5.41, 5.74) is 5.91. The van der Waals surface area contributed by atoms with Gasteiger partial charge in [-0.3, -0.25) is 0 Å². The molecule has 0 saturated heterocycles. The second-order valence-corrected chi connectivity index (χ2v) is 5.36. The SMILES string of the molecule is C=Cc1cccc2c1C=C(C1CCCCC1)C2. The van der Waals surface area contributed by atoms with Crippen molar-refractivity contribution in [3.05, 3.63) is 47.0 Å². The average Bonchev–Trinajstić information content (AvgIpc) is 2.83. The molecular weight excluding hydrogens is 204 g/mol. The summed E-state index contributed by atoms with van der Waals surface area (Å²) < 4.78 is 0. The molecule has 0 heteroatoms. The fraction of sp³-hybridized carbons (Fsp3) is 0.412. The molecule has 2 aliphatic rings. The van der Waals surface area contributed by atoms with Crippen LogP contribution < -0.4 is 0 Å². The molecule has 0 radical (unpaired) electrons. The minimum Gasteiger partial charge on any atom is -0.0984 e. The van der Waals surface area contributed by atoms with Gasteiger partial charge < -0.3 is 0 Å². The van der Waals surface area contributed by atoms with E-state index in [1.165, 1.54) is 55.2 Å². The lowest BCUT2D eigenvalue weighted by Gasteiger charge is -2.22. The van der Waals surface area contributed by atoms with Crippen molar-refractivity contribution in [2.75, 3.05) is 0 Å². The Labute approximate surface area is 104 Å². The van der Waals surface area contributed by atoms with Gasteiger partial charge in [-0.15, -0.1) is 0 Å². The van der Waals surface area contributed by atoms with Gasteiger partial charge in [0.05, 0.1) is 0 Å². The van der Waals surface area contributed by atoms with Crippen LogP contribution in [-0.2, 0) is 6.42 Å². The number of rotatable bonds is 2. The van der Waals surface area contributed by atoms with Crippen LogP contribution in [0.15, 0.2) is 30.4 Å². The molecule has 0 heterocycles. The summed E-state index contributed by atoms with van der Waals surface area (Å²) >= 11 is 0. The third-order valence-corrected chi connectivity index (χ3v) is 4.30. The second-order valence-electron chi connectivity index (χ2n) is 5.36. The van der Waals surface area contributed by atoms with E-state index in [1.54, 1.807) is 5.57 Å². The van der Waals surface area contributed by atoms with Gasteiger partial charge in [-0.25, -0.2) is 0 Å². The van der Waals surface area contributed by atoms with Gasteiger partial charge in [0.15, 0.2) is 0 Å². The maximum Gasteiger partial charge on any atom is -0.00548 e. The molecule has 17 heavy (non-hydrogen) atoms. The van der Waals surface area contributed by atoms with Crippen molar-refractivity contribution < 1.29 is 0 Å². The van der Waals surface area contributed by atoms with Crippen molar-refractivity contribution in [1.29, 1.82) is 0 Å². The van der Waals surface area contributed by atoms with Crippen LogP contribution in [-0.4, -0.2) is 0 Å². The molecule has 3 rings (SSSR count). The molecule has 0 bridgehead atoms. The highest BCUT2D eigenvalue weighted by Gasteiger charge is 2.23. The normalized spacial score (nSPS) is 19.9. The molecule has 0 aliphatic heterocycles. The highest BCUT2D eigenvalue weighted by atomic mass is 14.3. The van der Waals surface area contributed by atoms with E-state index in [4.69, 9.17) is 0 Å². The van der Waals surface area contributed by atoms with E-state index in [0.29, 0.717) is 0 Å². The summed E-state index contributed by atoms with van der Waals surface area (Å²) in [6, 6.07) is 6.61. The fourth-order valence-electron chi connectivity index (χ4n) is 3.33. The maximum absolute atomic E-state index is 3.92. The van der Waals surface area contributed by atoms with Crippen molar-refractivity contribution in [3.8, 4) is 0 Å². The first-order chi connectivity index (χ1) is 8.38. The van der Waals surface area contributed by atoms with E-state index >= 15 is 0 Å². The summed E-state index contributed by atoms with van der Waals surface area (Å²) in [7, 11) is 0. The van der Waals surface area contributed by atoms with Crippen LogP contribution >= 0.6 is 0 Å². The average molecular weight is 224 g/mol. The topological polar surface area (TPSA) is 0 Å². The maximum atomic E-state index is 3.92. The highest BCUT2D eigenvalue weighted by molar-refractivity contribution is 5.73. The summed E-state index contributed by atoms with van der Waals surface area (Å²) in [5.74, 6) is 0.855. The van der Waals surface area contributed by atoms with E-state index in [0.717, 1.165) is 5.92 Å². The van der Waals surface area contributed by atoms with E-state index in [9.17, 15) is 0 Å². The molecule has 1 saturated carbocycles. The number of hydrogen-bond donors (Lipinski definition) is 0. The monoisotopic (exact) mass is 224 g/mol. The molecule has 0 N–H and O–H groups in total. The zero-order valence-corrected chi connectivity index (χ0v) is 10.4. The van der Waals surface area contributed by atoms with Crippen molar-refractivity contribution in [1.82, 2.24) is 0 Å². The van der Waals surface area contributed by atoms with Crippen LogP contribution in [0.2, 0.25) is 0 Å². The van der Waals surface area contributed by atoms with Gasteiger partial charge in [0.2, 0.25) is 0 Å². The summed E-state index contributed by atoms with van der Waals surface area (Å²) in [6.45, 7) is 3.92. The summed E-state index contributed by atoms with van der Waals surface area (Å²) in [6.07, 6.45) is 12.7. The van der Waals surface area contributed by atoms with Crippen LogP contribution in [0.1, 0.15) is 48.8 Å². The zero-order chi connectivity index (χ0) is 11.7. The predicted octanol–water partition coefficient (Wildman–Crippen LogP) is 4.85. The zero-order valence-electron chi connectivity index (χ0n) is 10.4. The summed E-state index contributed by atoms with van der Waals surface area (Å²) in [4.78, 5) is 0. The molecule has 0 atom stereocenters. The lowest BCUT2D eigenvalue weighted by atomic mass is 9.83. The minimum atomic E-state index is 0.855. The smallest absolute Gasteiger partial charge is 0.00548 e. The standard InChI is InChI=1S/C17H20/c1-2-13-9-6-10-15-11-16(12-17(13)15)14-7-4-3-5-8-14/h2,6,9-10,12,14H,1,3-5,7-8,11H2. The van der Waals surface area contributed by atoms with Gasteiger partial charge in [0, 0.05) is 0 Å². The molecule has 0 aromatic heterocycles. The number of allylic oxidation sites excluding steroid dienone is 1. The number of benzene rings is 1. The Bertz CT molecular complexity index is 459. The van der Waals surface area contributed by atoms with Crippen LogP contribution in [0.3, 0.4) is 0 Å². The van der Waals surface area contributed by atoms with Crippen LogP contribution in [0, 0.1) is 5.92 Å². The Kier molecular flexibility index (Phi) is 2.88. The Morgan fingerprint density at radius 1 is 1.12 bits per heavy atom. The Morgan fingerprint density at radius 3 is 2.71 bits per heavy atom. The number of hydrogen-bond acceptors (Lipinski definition) is 0. The van der Waals surface area contributed by atoms with Gasteiger partial charge >= 0.3 is 0 Å². The highest BCUT2D eigenvalue weighted by Crippen LogP contribution is 2.38. The molecule has 88 valence electrons. The first-order valence-electron chi connectivity index (χ1n) is 6.83. The summed E-state index contributed by atoms with van der Waals surface area (Å²) in [5, 5.41) is 0. The van der Waals surface area contributed by atoms with Gasteiger partial charge in [-0.05, 0) is 41.9 Å².